The lowest BCUT2D eigenvalue weighted by Gasteiger charge is -2.28. The Hall–Kier alpha value is -2.11. The maximum Gasteiger partial charge on any atom is 0.273 e. The molecule has 25 heavy (non-hydrogen) atoms. The highest BCUT2D eigenvalue weighted by atomic mass is 35.5. The Bertz CT molecular complexity index is 732. The number of amides is 1. The predicted molar refractivity (Wildman–Crippen MR) is 98.1 cm³/mol. The number of ether oxygens (including phenoxy) is 1. The van der Waals surface area contributed by atoms with Gasteiger partial charge in [0.25, 0.3) is 5.91 Å². The van der Waals surface area contributed by atoms with Gasteiger partial charge in [-0.1, -0.05) is 23.7 Å². The molecule has 0 spiro atoms. The van der Waals surface area contributed by atoms with Gasteiger partial charge in [0.2, 0.25) is 0 Å². The fourth-order valence-electron chi connectivity index (χ4n) is 3.22. The summed E-state index contributed by atoms with van der Waals surface area (Å²) in [6, 6.07) is 11.4. The smallest absolute Gasteiger partial charge is 0.273 e. The topological polar surface area (TPSA) is 54.5 Å². The molecule has 0 aliphatic carbocycles. The minimum absolute atomic E-state index is 0.0971. The van der Waals surface area contributed by atoms with Gasteiger partial charge in [-0.2, -0.15) is 0 Å². The molecule has 0 bridgehead atoms. The van der Waals surface area contributed by atoms with Gasteiger partial charge in [0, 0.05) is 17.8 Å². The molecule has 2 heterocycles. The van der Waals surface area contributed by atoms with Crippen LogP contribution >= 0.6 is 11.6 Å². The summed E-state index contributed by atoms with van der Waals surface area (Å²) >= 11 is 6.16. The number of hydrogen-bond donors (Lipinski definition) is 1. The van der Waals surface area contributed by atoms with Crippen LogP contribution in [0.3, 0.4) is 0 Å². The van der Waals surface area contributed by atoms with Crippen LogP contribution in [0.5, 0.6) is 5.75 Å². The van der Waals surface area contributed by atoms with Gasteiger partial charge in [-0.15, -0.1) is 0 Å². The lowest BCUT2D eigenvalue weighted by molar-refractivity contribution is 0.0929. The van der Waals surface area contributed by atoms with E-state index in [1.54, 1.807) is 18.3 Å². The fourth-order valence-corrected chi connectivity index (χ4v) is 3.42. The first-order valence-electron chi connectivity index (χ1n) is 8.46. The van der Waals surface area contributed by atoms with Crippen LogP contribution in [0.4, 0.5) is 0 Å². The predicted octanol–water partition coefficient (Wildman–Crippen LogP) is 3.31. The molecular formula is C19H22ClN3O2. The Morgan fingerprint density at radius 1 is 1.32 bits per heavy atom. The summed E-state index contributed by atoms with van der Waals surface area (Å²) in [4.78, 5) is 19.1. The summed E-state index contributed by atoms with van der Waals surface area (Å²) in [5.41, 5.74) is 1.42. The third kappa shape index (κ3) is 4.30. The van der Waals surface area contributed by atoms with E-state index >= 15 is 0 Å². The van der Waals surface area contributed by atoms with Gasteiger partial charge in [-0.25, -0.2) is 4.98 Å². The van der Waals surface area contributed by atoms with Gasteiger partial charge in [-0.05, 0) is 55.8 Å². The molecule has 1 amide bonds. The van der Waals surface area contributed by atoms with Crippen molar-refractivity contribution in [2.24, 2.45) is 0 Å². The summed E-state index contributed by atoms with van der Waals surface area (Å²) < 4.78 is 5.22. The lowest BCUT2D eigenvalue weighted by atomic mass is 10.1. The van der Waals surface area contributed by atoms with E-state index in [1.807, 2.05) is 18.2 Å². The van der Waals surface area contributed by atoms with Gasteiger partial charge in [0.15, 0.2) is 5.69 Å². The number of benzene rings is 1. The monoisotopic (exact) mass is 359 g/mol. The zero-order valence-corrected chi connectivity index (χ0v) is 15.0. The molecule has 1 atom stereocenters. The van der Waals surface area contributed by atoms with Crippen LogP contribution in [-0.2, 0) is 0 Å². The first-order valence-corrected chi connectivity index (χ1v) is 8.83. The maximum atomic E-state index is 12.5. The Morgan fingerprint density at radius 2 is 2.12 bits per heavy atom. The summed E-state index contributed by atoms with van der Waals surface area (Å²) in [7, 11) is 1.53. The number of rotatable bonds is 6. The molecule has 1 aromatic heterocycles. The molecule has 132 valence electrons. The molecule has 1 fully saturated rings. The van der Waals surface area contributed by atoms with Crippen LogP contribution < -0.4 is 10.1 Å². The third-order valence-corrected chi connectivity index (χ3v) is 4.71. The van der Waals surface area contributed by atoms with Crippen LogP contribution in [0, 0.1) is 0 Å². The van der Waals surface area contributed by atoms with E-state index in [1.165, 1.54) is 20.0 Å². The third-order valence-electron chi connectivity index (χ3n) is 4.48. The van der Waals surface area contributed by atoms with Gasteiger partial charge < -0.3 is 10.1 Å². The number of likely N-dealkylation sites (tertiary alicyclic amines) is 1. The van der Waals surface area contributed by atoms with Crippen molar-refractivity contribution in [3.8, 4) is 5.75 Å². The molecule has 3 rings (SSSR count). The number of pyridine rings is 1. The molecule has 1 aliphatic heterocycles. The molecule has 6 heteroatoms. The fraction of sp³-hybridized carbons (Fsp3) is 0.368. The Labute approximate surface area is 153 Å². The van der Waals surface area contributed by atoms with Crippen molar-refractivity contribution in [3.63, 3.8) is 0 Å². The van der Waals surface area contributed by atoms with Gasteiger partial charge in [0.1, 0.15) is 5.75 Å². The van der Waals surface area contributed by atoms with Crippen LogP contribution in [0.1, 0.15) is 34.9 Å². The van der Waals surface area contributed by atoms with Crippen molar-refractivity contribution >= 4 is 17.5 Å². The van der Waals surface area contributed by atoms with Crippen molar-refractivity contribution < 1.29 is 9.53 Å². The molecule has 1 aliphatic rings. The van der Waals surface area contributed by atoms with Crippen LogP contribution in [-0.4, -0.2) is 42.5 Å². The highest BCUT2D eigenvalue weighted by Gasteiger charge is 2.25. The zero-order valence-electron chi connectivity index (χ0n) is 14.2. The number of hydrogen-bond acceptors (Lipinski definition) is 4. The summed E-state index contributed by atoms with van der Waals surface area (Å²) in [5, 5.41) is 3.71. The number of methoxy groups -OCH3 is 1. The molecule has 5 nitrogen and oxygen atoms in total. The van der Waals surface area contributed by atoms with Gasteiger partial charge >= 0.3 is 0 Å². The number of nitrogens with zero attached hydrogens (tertiary/aromatic N) is 2. The van der Waals surface area contributed by atoms with Crippen LogP contribution in [0.2, 0.25) is 5.02 Å². The largest absolute Gasteiger partial charge is 0.494 e. The van der Waals surface area contributed by atoms with E-state index in [0.29, 0.717) is 23.0 Å². The standard InChI is InChI=1S/C19H22ClN3O2/c1-25-17-8-5-9-21-18(17)19(24)22-13-16(23-10-2-3-11-23)14-6-4-7-15(20)12-14/h4-9,12,16H,2-3,10-11,13H2,1H3,(H,22,24). The highest BCUT2D eigenvalue weighted by Crippen LogP contribution is 2.26. The molecule has 0 radical (unpaired) electrons. The average Bonchev–Trinajstić information content (AvgIpc) is 3.16. The second kappa shape index (κ2) is 8.32. The van der Waals surface area contributed by atoms with Gasteiger partial charge in [-0.3, -0.25) is 9.69 Å². The zero-order chi connectivity index (χ0) is 17.6. The SMILES string of the molecule is COc1cccnc1C(=O)NCC(c1cccc(Cl)c1)N1CCCC1. The van der Waals surface area contributed by atoms with Crippen molar-refractivity contribution in [1.29, 1.82) is 0 Å². The lowest BCUT2D eigenvalue weighted by Crippen LogP contribution is -2.37. The van der Waals surface area contributed by atoms with Crippen molar-refractivity contribution in [2.75, 3.05) is 26.7 Å². The van der Waals surface area contributed by atoms with E-state index in [9.17, 15) is 4.79 Å². The van der Waals surface area contributed by atoms with Crippen molar-refractivity contribution in [2.45, 2.75) is 18.9 Å². The molecule has 1 unspecified atom stereocenters. The minimum atomic E-state index is -0.233. The molecule has 1 saturated heterocycles. The van der Waals surface area contributed by atoms with Crippen LogP contribution in [0.25, 0.3) is 0 Å². The van der Waals surface area contributed by atoms with Crippen LogP contribution in [0.15, 0.2) is 42.6 Å². The Balaban J connectivity index is 1.75. The van der Waals surface area contributed by atoms with E-state index in [4.69, 9.17) is 16.3 Å². The van der Waals surface area contributed by atoms with E-state index < -0.39 is 0 Å². The number of nitrogens with one attached hydrogen (secondary N) is 1. The summed E-state index contributed by atoms with van der Waals surface area (Å²) in [6.45, 7) is 2.55. The molecular weight excluding hydrogens is 338 g/mol. The normalized spacial score (nSPS) is 15.8. The quantitative estimate of drug-likeness (QED) is 0.859. The van der Waals surface area contributed by atoms with E-state index in [0.717, 1.165) is 18.7 Å². The minimum Gasteiger partial charge on any atom is -0.494 e. The molecule has 1 aromatic carbocycles. The summed E-state index contributed by atoms with van der Waals surface area (Å²) in [6.07, 6.45) is 3.95. The first kappa shape index (κ1) is 17.7. The van der Waals surface area contributed by atoms with Crippen molar-refractivity contribution in [1.82, 2.24) is 15.2 Å². The van der Waals surface area contributed by atoms with E-state index in [-0.39, 0.29) is 11.9 Å². The summed E-state index contributed by atoms with van der Waals surface area (Å²) in [5.74, 6) is 0.240. The maximum absolute atomic E-state index is 12.5. The van der Waals surface area contributed by atoms with Gasteiger partial charge in [0.05, 0.1) is 13.2 Å². The van der Waals surface area contributed by atoms with E-state index in [2.05, 4.69) is 21.3 Å². The second-order valence-corrected chi connectivity index (χ2v) is 6.51. The first-order chi connectivity index (χ1) is 12.2. The Kier molecular flexibility index (Phi) is 5.89. The highest BCUT2D eigenvalue weighted by molar-refractivity contribution is 6.30. The molecule has 2 aromatic rings. The number of aromatic nitrogens is 1. The average molecular weight is 360 g/mol. The molecule has 1 N–H and O–H groups in total. The number of carbonyl (C=O) groups excluding carboxylic acids is 1. The number of halogens is 1. The second-order valence-electron chi connectivity index (χ2n) is 6.08. The van der Waals surface area contributed by atoms with Crippen molar-refractivity contribution in [3.05, 3.63) is 58.9 Å². The molecule has 0 saturated carbocycles. The number of carbonyl (C=O) groups is 1. The Morgan fingerprint density at radius 3 is 2.84 bits per heavy atom.